The van der Waals surface area contributed by atoms with Gasteiger partial charge in [0.2, 0.25) is 0 Å². The molecule has 0 radical (unpaired) electrons. The molecular weight excluding hydrogens is 1210 g/mol. The zero-order chi connectivity index (χ0) is 65.4. The van der Waals surface area contributed by atoms with Gasteiger partial charge in [-0.25, -0.2) is 9.97 Å². The van der Waals surface area contributed by atoms with Gasteiger partial charge in [0.25, 0.3) is 6.71 Å². The number of fused-ring (bicyclic) bond motifs is 7. The summed E-state index contributed by atoms with van der Waals surface area (Å²) >= 11 is 0. The fourth-order valence-electron chi connectivity index (χ4n) is 14.8. The molecule has 0 N–H and O–H groups in total. The van der Waals surface area contributed by atoms with Crippen LogP contribution in [-0.4, -0.2) is 21.2 Å². The molecule has 0 bridgehead atoms. The molecule has 16 aromatic rings. The third kappa shape index (κ3) is 10.2. The van der Waals surface area contributed by atoms with Gasteiger partial charge < -0.3 is 14.4 Å². The van der Waals surface area contributed by atoms with Gasteiger partial charge in [0.05, 0.1) is 28.0 Å². The SMILES string of the molecule is FC(F)(F)c1cc(-c2nc(-c3ccccc3)cc(-c3ccccc3)n2)cc(-n2c3ccccc3c3cc(-c4cc5c6c(c4)N(c4ccc(-c7ccccc7)cc4)c4ccc(-c7ccccc7)cc4B6c4cc(-c6ccccc6)ccc4N5c4ccc(-c5ccccc5)cc4)ccc32)c1. The Bertz CT molecular complexity index is 5460. The first kappa shape index (κ1) is 58.0. The quantitative estimate of drug-likeness (QED) is 0.121. The molecule has 0 saturated heterocycles. The second-order valence-corrected chi connectivity index (χ2v) is 25.2. The van der Waals surface area contributed by atoms with Gasteiger partial charge in [0.1, 0.15) is 0 Å². The molecule has 0 unspecified atom stereocenters. The van der Waals surface area contributed by atoms with Crippen LogP contribution in [0.2, 0.25) is 0 Å². The van der Waals surface area contributed by atoms with Gasteiger partial charge in [-0.05, 0) is 163 Å². The lowest BCUT2D eigenvalue weighted by Gasteiger charge is -2.44. The Morgan fingerprint density at radius 2 is 0.653 bits per heavy atom. The summed E-state index contributed by atoms with van der Waals surface area (Å²) in [5.41, 5.74) is 24.8. The molecule has 98 heavy (non-hydrogen) atoms. The maximum absolute atomic E-state index is 15.6. The molecule has 0 aliphatic carbocycles. The maximum atomic E-state index is 15.6. The second kappa shape index (κ2) is 23.7. The van der Waals surface area contributed by atoms with Crippen LogP contribution < -0.4 is 26.2 Å². The summed E-state index contributed by atoms with van der Waals surface area (Å²) in [4.78, 5) is 14.9. The van der Waals surface area contributed by atoms with E-state index in [1.165, 1.54) is 23.1 Å². The van der Waals surface area contributed by atoms with E-state index in [1.807, 2.05) is 102 Å². The van der Waals surface area contributed by atoms with Crippen molar-refractivity contribution in [3.63, 3.8) is 0 Å². The van der Waals surface area contributed by atoms with Crippen molar-refractivity contribution in [2.75, 3.05) is 9.80 Å². The number of alkyl halides is 3. The van der Waals surface area contributed by atoms with E-state index in [0.29, 0.717) is 17.1 Å². The highest BCUT2D eigenvalue weighted by Gasteiger charge is 2.44. The van der Waals surface area contributed by atoms with Crippen molar-refractivity contribution in [2.24, 2.45) is 0 Å². The van der Waals surface area contributed by atoms with Gasteiger partial charge in [-0.2, -0.15) is 13.2 Å². The summed E-state index contributed by atoms with van der Waals surface area (Å²) in [6, 6.07) is 119. The highest BCUT2D eigenvalue weighted by atomic mass is 19.4. The van der Waals surface area contributed by atoms with Crippen LogP contribution in [0, 0.1) is 0 Å². The Balaban J connectivity index is 0.871. The zero-order valence-corrected chi connectivity index (χ0v) is 52.9. The number of rotatable bonds is 11. The highest BCUT2D eigenvalue weighted by Crippen LogP contribution is 2.49. The summed E-state index contributed by atoms with van der Waals surface area (Å²) in [5, 5.41) is 1.78. The van der Waals surface area contributed by atoms with Gasteiger partial charge in [-0.1, -0.05) is 255 Å². The Kier molecular flexibility index (Phi) is 14.0. The molecule has 2 aliphatic rings. The first-order valence-electron chi connectivity index (χ1n) is 33.0. The fourth-order valence-corrected chi connectivity index (χ4v) is 14.8. The predicted molar refractivity (Wildman–Crippen MR) is 399 cm³/mol. The molecule has 0 fully saturated rings. The Morgan fingerprint density at radius 1 is 0.265 bits per heavy atom. The lowest BCUT2D eigenvalue weighted by molar-refractivity contribution is -0.137. The van der Waals surface area contributed by atoms with Crippen molar-refractivity contribution in [1.82, 2.24) is 14.5 Å². The van der Waals surface area contributed by atoms with E-state index >= 15 is 13.2 Å². The Hall–Kier alpha value is -12.6. The van der Waals surface area contributed by atoms with Gasteiger partial charge in [0.15, 0.2) is 5.82 Å². The van der Waals surface area contributed by atoms with Gasteiger partial charge >= 0.3 is 6.18 Å². The van der Waals surface area contributed by atoms with Crippen molar-refractivity contribution in [1.29, 1.82) is 0 Å². The number of anilines is 6. The molecule has 5 nitrogen and oxygen atoms in total. The second-order valence-electron chi connectivity index (χ2n) is 25.2. The van der Waals surface area contributed by atoms with Crippen LogP contribution in [0.4, 0.5) is 47.3 Å². The van der Waals surface area contributed by atoms with Crippen molar-refractivity contribution in [2.45, 2.75) is 6.18 Å². The van der Waals surface area contributed by atoms with Crippen LogP contribution in [0.3, 0.4) is 0 Å². The minimum atomic E-state index is -4.70. The standard InChI is InChI=1S/C89H57BF3N5/c91-89(92,93)71-49-70(88-94-79(64-29-15-5-16-30-64)57-80(95-88)65-31-17-6-18-32-65)50-74(56-71)98-81-34-20-19-33-75(81)76-51-66(39-46-82(76)98)69-54-85-87-86(55-69)97(73-44-37-63(38-45-73)59-23-9-2-10-24-59)84-48-41-68(61-27-13-4-14-28-61)53-78(84)90(87)77-52-67(60-25-11-3-12-26-60)40-47-83(77)96(85)72-42-35-62(36-43-72)58-21-7-1-8-22-58/h1-57H. The third-order valence-electron chi connectivity index (χ3n) is 19.4. The van der Waals surface area contributed by atoms with Gasteiger partial charge in [0, 0.05) is 67.3 Å². The van der Waals surface area contributed by atoms with Crippen LogP contribution in [0.25, 0.3) is 117 Å². The van der Waals surface area contributed by atoms with Crippen LogP contribution in [0.1, 0.15) is 5.56 Å². The molecule has 0 saturated carbocycles. The molecule has 2 aliphatic heterocycles. The molecule has 9 heteroatoms. The van der Waals surface area contributed by atoms with Gasteiger partial charge in [-0.15, -0.1) is 0 Å². The van der Waals surface area contributed by atoms with E-state index in [-0.39, 0.29) is 18.1 Å². The topological polar surface area (TPSA) is 37.2 Å². The summed E-state index contributed by atoms with van der Waals surface area (Å²) in [6.45, 7) is -0.222. The summed E-state index contributed by atoms with van der Waals surface area (Å²) < 4.78 is 48.8. The molecule has 4 heterocycles. The summed E-state index contributed by atoms with van der Waals surface area (Å²) in [5.74, 6) is 0.181. The third-order valence-corrected chi connectivity index (χ3v) is 19.4. The number of hydrogen-bond donors (Lipinski definition) is 0. The van der Waals surface area contributed by atoms with E-state index in [0.717, 1.165) is 128 Å². The largest absolute Gasteiger partial charge is 0.416 e. The van der Waals surface area contributed by atoms with E-state index in [9.17, 15) is 0 Å². The predicted octanol–water partition coefficient (Wildman–Crippen LogP) is 22.0. The lowest BCUT2D eigenvalue weighted by atomic mass is 9.33. The lowest BCUT2D eigenvalue weighted by Crippen LogP contribution is -2.61. The number of aromatic nitrogens is 3. The average Bonchev–Trinajstić information content (AvgIpc) is 0.770. The highest BCUT2D eigenvalue weighted by molar-refractivity contribution is 7.00. The van der Waals surface area contributed by atoms with Crippen LogP contribution in [0.15, 0.2) is 346 Å². The number of halogens is 3. The first-order valence-corrected chi connectivity index (χ1v) is 33.0. The smallest absolute Gasteiger partial charge is 0.311 e. The van der Waals surface area contributed by atoms with Crippen LogP contribution in [-0.2, 0) is 6.18 Å². The fraction of sp³-hybridized carbons (Fsp3) is 0.0112. The van der Waals surface area contributed by atoms with Gasteiger partial charge in [-0.3, -0.25) is 0 Å². The molecule has 0 amide bonds. The van der Waals surface area contributed by atoms with Crippen LogP contribution in [0.5, 0.6) is 0 Å². The molecular formula is C89H57BF3N5. The average molecular weight is 1260 g/mol. The Labute approximate surface area is 566 Å². The molecule has 18 rings (SSSR count). The number of hydrogen-bond acceptors (Lipinski definition) is 4. The monoisotopic (exact) mass is 1260 g/mol. The summed E-state index contributed by atoms with van der Waals surface area (Å²) in [6.07, 6.45) is -4.70. The molecule has 2 aromatic heterocycles. The van der Waals surface area contributed by atoms with E-state index in [4.69, 9.17) is 9.97 Å². The van der Waals surface area contributed by atoms with Crippen molar-refractivity contribution in [3.05, 3.63) is 351 Å². The normalized spacial score (nSPS) is 12.4. The van der Waals surface area contributed by atoms with E-state index < -0.39 is 11.7 Å². The molecule has 0 atom stereocenters. The minimum Gasteiger partial charge on any atom is -0.311 e. The van der Waals surface area contributed by atoms with E-state index in [1.54, 1.807) is 6.07 Å². The Morgan fingerprint density at radius 3 is 1.12 bits per heavy atom. The van der Waals surface area contributed by atoms with Crippen molar-refractivity contribution >= 4 is 79.0 Å². The number of para-hydroxylation sites is 1. The van der Waals surface area contributed by atoms with Crippen molar-refractivity contribution < 1.29 is 13.2 Å². The first-order chi connectivity index (χ1) is 48.2. The van der Waals surface area contributed by atoms with Crippen LogP contribution >= 0.6 is 0 Å². The van der Waals surface area contributed by atoms with Crippen molar-refractivity contribution in [3.8, 4) is 95.2 Å². The minimum absolute atomic E-state index is 0.181. The number of nitrogens with zero attached hydrogens (tertiary/aromatic N) is 5. The number of benzene rings is 14. The maximum Gasteiger partial charge on any atom is 0.416 e. The summed E-state index contributed by atoms with van der Waals surface area (Å²) in [7, 11) is 0. The zero-order valence-electron chi connectivity index (χ0n) is 52.9. The molecule has 14 aromatic carbocycles. The van der Waals surface area contributed by atoms with E-state index in [2.05, 4.69) is 240 Å². The molecule has 0 spiro atoms. The molecule has 462 valence electrons.